The number of nitrogens with one attached hydrogen (secondary N) is 1. The van der Waals surface area contributed by atoms with Gasteiger partial charge in [-0.2, -0.15) is 0 Å². The van der Waals surface area contributed by atoms with Crippen molar-refractivity contribution >= 4 is 17.8 Å². The molecule has 0 aromatic heterocycles. The fraction of sp³-hybridized carbons (Fsp3) is 0.250. The van der Waals surface area contributed by atoms with Gasteiger partial charge < -0.3 is 19.7 Å². The van der Waals surface area contributed by atoms with Gasteiger partial charge in [0.15, 0.2) is 0 Å². The molecular formula is C28H27FN2O5. The molecule has 7 nitrogen and oxygen atoms in total. The molecule has 2 atom stereocenters. The first-order valence-electron chi connectivity index (χ1n) is 11.6. The number of rotatable bonds is 8. The molecule has 0 fully saturated rings. The molecule has 0 aliphatic carbocycles. The molecule has 0 saturated heterocycles. The molecule has 3 aromatic rings. The molecule has 0 spiro atoms. The molecule has 4 rings (SSSR count). The van der Waals surface area contributed by atoms with Gasteiger partial charge in [0, 0.05) is 12.1 Å². The lowest BCUT2D eigenvalue weighted by molar-refractivity contribution is -0.143. The number of carbonyl (C=O) groups is 3. The van der Waals surface area contributed by atoms with Gasteiger partial charge >= 0.3 is 5.97 Å². The average molecular weight is 491 g/mol. The molecule has 3 aromatic carbocycles. The molecular weight excluding hydrogens is 463 g/mol. The Labute approximate surface area is 208 Å². The normalized spacial score (nSPS) is 16.8. The fourth-order valence-electron chi connectivity index (χ4n) is 4.49. The van der Waals surface area contributed by atoms with E-state index >= 15 is 0 Å². The molecule has 0 unspecified atom stereocenters. The summed E-state index contributed by atoms with van der Waals surface area (Å²) in [6, 6.07) is 19.3. The van der Waals surface area contributed by atoms with Gasteiger partial charge in [0.25, 0.3) is 5.91 Å². The molecule has 36 heavy (non-hydrogen) atoms. The van der Waals surface area contributed by atoms with Crippen molar-refractivity contribution in [1.29, 1.82) is 0 Å². The summed E-state index contributed by atoms with van der Waals surface area (Å²) in [5, 5.41) is 2.68. The van der Waals surface area contributed by atoms with E-state index in [0.29, 0.717) is 22.4 Å². The van der Waals surface area contributed by atoms with Crippen molar-refractivity contribution in [1.82, 2.24) is 10.2 Å². The summed E-state index contributed by atoms with van der Waals surface area (Å²) in [5.74, 6) is -1.75. The lowest BCUT2D eigenvalue weighted by atomic mass is 9.79. The summed E-state index contributed by atoms with van der Waals surface area (Å²) in [5.41, 5.74) is 2.41. The number of halogens is 1. The van der Waals surface area contributed by atoms with Crippen LogP contribution in [-0.2, 0) is 20.9 Å². The maximum Gasteiger partial charge on any atom is 0.325 e. The van der Waals surface area contributed by atoms with E-state index in [1.165, 1.54) is 12.1 Å². The summed E-state index contributed by atoms with van der Waals surface area (Å²) in [6.07, 6.45) is 0. The Morgan fingerprint density at radius 1 is 1.00 bits per heavy atom. The Morgan fingerprint density at radius 3 is 2.36 bits per heavy atom. The fourth-order valence-corrected chi connectivity index (χ4v) is 4.49. The van der Waals surface area contributed by atoms with Gasteiger partial charge in [0.2, 0.25) is 5.91 Å². The van der Waals surface area contributed by atoms with Crippen LogP contribution in [0.25, 0.3) is 0 Å². The third-order valence-electron chi connectivity index (χ3n) is 6.16. The number of carbonyl (C=O) groups excluding carboxylic acids is 3. The predicted molar refractivity (Wildman–Crippen MR) is 131 cm³/mol. The maximum absolute atomic E-state index is 13.7. The zero-order valence-corrected chi connectivity index (χ0v) is 20.1. The number of methoxy groups -OCH3 is 1. The van der Waals surface area contributed by atoms with Crippen LogP contribution in [0.1, 0.15) is 45.9 Å². The van der Waals surface area contributed by atoms with Crippen LogP contribution >= 0.6 is 0 Å². The van der Waals surface area contributed by atoms with E-state index in [0.717, 1.165) is 5.56 Å². The Kier molecular flexibility index (Phi) is 7.63. The van der Waals surface area contributed by atoms with Crippen molar-refractivity contribution in [3.05, 3.63) is 101 Å². The van der Waals surface area contributed by atoms with Gasteiger partial charge in [0.05, 0.1) is 25.7 Å². The van der Waals surface area contributed by atoms with Crippen LogP contribution in [0.4, 0.5) is 4.39 Å². The van der Waals surface area contributed by atoms with Gasteiger partial charge in [-0.1, -0.05) is 42.5 Å². The van der Waals surface area contributed by atoms with E-state index in [4.69, 9.17) is 9.47 Å². The van der Waals surface area contributed by atoms with E-state index in [1.54, 1.807) is 67.5 Å². The predicted octanol–water partition coefficient (Wildman–Crippen LogP) is 3.99. The van der Waals surface area contributed by atoms with Gasteiger partial charge in [-0.25, -0.2) is 4.39 Å². The summed E-state index contributed by atoms with van der Waals surface area (Å²) in [6.45, 7) is 1.77. The lowest BCUT2D eigenvalue weighted by Gasteiger charge is -2.42. The number of hydrogen-bond acceptors (Lipinski definition) is 5. The molecule has 1 heterocycles. The van der Waals surface area contributed by atoms with Gasteiger partial charge in [-0.15, -0.1) is 0 Å². The maximum atomic E-state index is 13.7. The van der Waals surface area contributed by atoms with E-state index in [1.807, 2.05) is 12.1 Å². The summed E-state index contributed by atoms with van der Waals surface area (Å²) in [4.78, 5) is 40.9. The second-order valence-corrected chi connectivity index (χ2v) is 8.37. The molecule has 0 bridgehead atoms. The zero-order valence-electron chi connectivity index (χ0n) is 20.1. The lowest BCUT2D eigenvalue weighted by Crippen LogP contribution is -2.47. The van der Waals surface area contributed by atoms with E-state index in [2.05, 4.69) is 5.32 Å². The van der Waals surface area contributed by atoms with Gasteiger partial charge in [-0.05, 0) is 53.9 Å². The Hall–Kier alpha value is -4.20. The van der Waals surface area contributed by atoms with E-state index in [-0.39, 0.29) is 31.4 Å². The second-order valence-electron chi connectivity index (χ2n) is 8.37. The number of benzene rings is 3. The van der Waals surface area contributed by atoms with E-state index in [9.17, 15) is 18.8 Å². The largest absolute Gasteiger partial charge is 0.497 e. The van der Waals surface area contributed by atoms with Crippen LogP contribution in [0.5, 0.6) is 5.75 Å². The first kappa shape index (κ1) is 24.9. The highest BCUT2D eigenvalue weighted by atomic mass is 19.1. The third kappa shape index (κ3) is 5.22. The molecule has 0 radical (unpaired) electrons. The van der Waals surface area contributed by atoms with Crippen molar-refractivity contribution in [2.45, 2.75) is 25.4 Å². The van der Waals surface area contributed by atoms with Crippen molar-refractivity contribution < 1.29 is 28.2 Å². The van der Waals surface area contributed by atoms with Crippen LogP contribution in [0, 0.1) is 5.82 Å². The zero-order chi connectivity index (χ0) is 25.7. The van der Waals surface area contributed by atoms with E-state index < -0.39 is 23.8 Å². The minimum atomic E-state index is -0.804. The molecule has 1 aliphatic rings. The van der Waals surface area contributed by atoms with Crippen molar-refractivity contribution in [2.24, 2.45) is 0 Å². The molecule has 2 amide bonds. The minimum Gasteiger partial charge on any atom is -0.497 e. The minimum absolute atomic E-state index is 0.159. The number of hydrogen-bond donors (Lipinski definition) is 1. The topological polar surface area (TPSA) is 84.9 Å². The van der Waals surface area contributed by atoms with Crippen LogP contribution < -0.4 is 10.1 Å². The highest BCUT2D eigenvalue weighted by Gasteiger charge is 2.44. The van der Waals surface area contributed by atoms with Crippen LogP contribution in [0.15, 0.2) is 72.8 Å². The summed E-state index contributed by atoms with van der Waals surface area (Å²) >= 11 is 0. The highest BCUT2D eigenvalue weighted by molar-refractivity contribution is 6.01. The quantitative estimate of drug-likeness (QED) is 0.483. The number of nitrogens with zero attached hydrogens (tertiary/aromatic N) is 1. The monoisotopic (exact) mass is 490 g/mol. The van der Waals surface area contributed by atoms with Gasteiger partial charge in [0.1, 0.15) is 18.1 Å². The molecule has 1 aliphatic heterocycles. The van der Waals surface area contributed by atoms with Gasteiger partial charge in [-0.3, -0.25) is 14.4 Å². The third-order valence-corrected chi connectivity index (χ3v) is 6.16. The standard InChI is InChI=1S/C28H27FN2O5/c1-3-36-24(32)16-30-27(33)25-22-6-4-5-7-23(22)28(34)31(17-18-8-12-20(29)13-9-18)26(25)19-10-14-21(35-2)15-11-19/h4-15,25-26H,3,16-17H2,1-2H3,(H,30,33)/t25-,26+/m1/s1. The van der Waals surface area contributed by atoms with Crippen LogP contribution in [-0.4, -0.2) is 42.9 Å². The molecule has 8 heteroatoms. The van der Waals surface area contributed by atoms with Crippen molar-refractivity contribution in [3.8, 4) is 5.75 Å². The SMILES string of the molecule is CCOC(=O)CNC(=O)[C@@H]1c2ccccc2C(=O)N(Cc2ccc(F)cc2)[C@H]1c1ccc(OC)cc1. The number of fused-ring (bicyclic) bond motifs is 1. The highest BCUT2D eigenvalue weighted by Crippen LogP contribution is 2.43. The first-order valence-corrected chi connectivity index (χ1v) is 11.6. The second kappa shape index (κ2) is 11.0. The molecule has 0 saturated carbocycles. The Balaban J connectivity index is 1.80. The summed E-state index contributed by atoms with van der Waals surface area (Å²) in [7, 11) is 1.56. The average Bonchev–Trinajstić information content (AvgIpc) is 2.90. The van der Waals surface area contributed by atoms with Crippen molar-refractivity contribution in [2.75, 3.05) is 20.3 Å². The van der Waals surface area contributed by atoms with Crippen LogP contribution in [0.2, 0.25) is 0 Å². The first-order chi connectivity index (χ1) is 17.4. The molecule has 186 valence electrons. The molecule has 1 N–H and O–H groups in total. The Bertz CT molecular complexity index is 1240. The summed E-state index contributed by atoms with van der Waals surface area (Å²) < 4.78 is 23.8. The Morgan fingerprint density at radius 2 is 1.69 bits per heavy atom. The number of esters is 1. The smallest absolute Gasteiger partial charge is 0.325 e. The number of ether oxygens (including phenoxy) is 2. The van der Waals surface area contributed by atoms with Crippen LogP contribution in [0.3, 0.4) is 0 Å². The van der Waals surface area contributed by atoms with Crippen molar-refractivity contribution in [3.63, 3.8) is 0 Å². The number of amides is 2.